The summed E-state index contributed by atoms with van der Waals surface area (Å²) < 4.78 is 31.7. The van der Waals surface area contributed by atoms with E-state index in [0.717, 1.165) is 67.6 Å². The first kappa shape index (κ1) is 32.0. The number of likely N-dealkylation sites (N-methyl/N-ethyl adjacent to an activating group) is 2. The lowest BCUT2D eigenvalue weighted by molar-refractivity contribution is 0.151. The second kappa shape index (κ2) is 12.9. The van der Waals surface area contributed by atoms with Crippen LogP contribution in [0.1, 0.15) is 70.0 Å². The predicted octanol–water partition coefficient (Wildman–Crippen LogP) is 7.60. The minimum absolute atomic E-state index is 0.0220. The van der Waals surface area contributed by atoms with Gasteiger partial charge in [-0.1, -0.05) is 24.3 Å². The van der Waals surface area contributed by atoms with Crippen LogP contribution in [0.4, 0.5) is 0 Å². The van der Waals surface area contributed by atoms with Crippen LogP contribution in [-0.2, 0) is 25.7 Å². The molecule has 0 saturated heterocycles. The number of benzene rings is 4. The van der Waals surface area contributed by atoms with Crippen molar-refractivity contribution in [1.82, 2.24) is 9.80 Å². The molecular formula is C41H46N2O6. The Labute approximate surface area is 289 Å². The average Bonchev–Trinajstić information content (AvgIpc) is 3.96. The van der Waals surface area contributed by atoms with Crippen LogP contribution < -0.4 is 23.7 Å². The summed E-state index contributed by atoms with van der Waals surface area (Å²) in [6.45, 7) is 1.84. The number of rotatable bonds is 5. The Balaban J connectivity index is 1.34. The highest BCUT2D eigenvalue weighted by Gasteiger charge is 2.36. The summed E-state index contributed by atoms with van der Waals surface area (Å²) in [5, 5.41) is 11.3. The summed E-state index contributed by atoms with van der Waals surface area (Å²) in [5.41, 5.74) is 7.96. The quantitative estimate of drug-likeness (QED) is 0.234. The summed E-state index contributed by atoms with van der Waals surface area (Å²) in [4.78, 5) is 4.82. The maximum atomic E-state index is 11.3. The summed E-state index contributed by atoms with van der Waals surface area (Å²) in [6.07, 6.45) is 4.86. The zero-order chi connectivity index (χ0) is 33.8. The van der Waals surface area contributed by atoms with E-state index in [0.29, 0.717) is 40.9 Å². The molecule has 0 spiro atoms. The first-order chi connectivity index (χ1) is 23.8. The Morgan fingerprint density at radius 3 is 2.10 bits per heavy atom. The van der Waals surface area contributed by atoms with E-state index in [9.17, 15) is 5.11 Å². The number of hydrogen-bond donors (Lipinski definition) is 1. The van der Waals surface area contributed by atoms with E-state index >= 15 is 0 Å². The molecule has 5 aliphatic rings. The monoisotopic (exact) mass is 662 g/mol. The molecule has 8 heteroatoms. The molecule has 1 saturated carbocycles. The molecule has 4 aromatic rings. The minimum atomic E-state index is -0.545. The van der Waals surface area contributed by atoms with Crippen molar-refractivity contribution in [1.29, 1.82) is 0 Å². The van der Waals surface area contributed by atoms with Crippen molar-refractivity contribution in [2.45, 2.75) is 56.7 Å². The fourth-order valence-electron chi connectivity index (χ4n) is 8.05. The van der Waals surface area contributed by atoms with Crippen molar-refractivity contribution in [3.63, 3.8) is 0 Å². The van der Waals surface area contributed by atoms with Gasteiger partial charge in [-0.2, -0.15) is 0 Å². The second-order valence-corrected chi connectivity index (χ2v) is 14.1. The van der Waals surface area contributed by atoms with Gasteiger partial charge in [-0.3, -0.25) is 9.80 Å². The molecule has 3 atom stereocenters. The molecule has 4 aliphatic heterocycles. The standard InChI is InChI=1S/C41H46N2O6/c1-42-16-14-27-21-35(45-3)36-23-31(27)32(42)18-24-6-11-29(12-7-24)48-34-20-25(8-13-30(34)39(44)26-9-10-26)19-33-38-28(15-17-43(33)2)22-37(46-4)40(47-5)41(38)49-36/h6-8,11-13,20-23,26,32-33,39,44H,9-10,14-19H2,1-5H3/t32-,33+,39?/m0/s1. The third-order valence-corrected chi connectivity index (χ3v) is 11.1. The Hall–Kier alpha value is -4.24. The Kier molecular flexibility index (Phi) is 8.42. The molecule has 0 amide bonds. The molecule has 4 heterocycles. The molecular weight excluding hydrogens is 616 g/mol. The van der Waals surface area contributed by atoms with Crippen LogP contribution in [0.3, 0.4) is 0 Å². The summed E-state index contributed by atoms with van der Waals surface area (Å²) in [7, 11) is 9.42. The fraction of sp³-hybridized carbons (Fsp3) is 0.415. The maximum absolute atomic E-state index is 11.3. The molecule has 0 aromatic heterocycles. The molecule has 6 bridgehead atoms. The molecule has 256 valence electrons. The Bertz CT molecular complexity index is 1870. The zero-order valence-corrected chi connectivity index (χ0v) is 29.1. The van der Waals surface area contributed by atoms with Crippen molar-refractivity contribution in [2.24, 2.45) is 5.92 Å². The highest BCUT2D eigenvalue weighted by Crippen LogP contribution is 2.52. The number of aliphatic hydroxyl groups excluding tert-OH is 1. The zero-order valence-electron chi connectivity index (χ0n) is 29.1. The minimum Gasteiger partial charge on any atom is -0.493 e. The van der Waals surface area contributed by atoms with E-state index in [2.05, 4.69) is 84.6 Å². The van der Waals surface area contributed by atoms with Crippen LogP contribution in [0.15, 0.2) is 60.7 Å². The van der Waals surface area contributed by atoms with Crippen molar-refractivity contribution < 1.29 is 28.8 Å². The predicted molar refractivity (Wildman–Crippen MR) is 189 cm³/mol. The summed E-state index contributed by atoms with van der Waals surface area (Å²) in [6, 6.07) is 21.3. The number of ether oxygens (including phenoxy) is 5. The molecule has 4 aromatic carbocycles. The largest absolute Gasteiger partial charge is 0.493 e. The van der Waals surface area contributed by atoms with Crippen LogP contribution >= 0.6 is 0 Å². The lowest BCUT2D eigenvalue weighted by Gasteiger charge is -2.37. The molecule has 1 aliphatic carbocycles. The SMILES string of the molecule is COc1cc2c3cc1Oc1c(OC)c(OC)cc4c1[C@@H](Cc1ccc(C(O)C5CC5)c(c1)Oc1ccc(cc1)C[C@@H]3N(C)CC2)N(C)CC4. The van der Waals surface area contributed by atoms with Gasteiger partial charge in [0.05, 0.1) is 27.4 Å². The van der Waals surface area contributed by atoms with Gasteiger partial charge < -0.3 is 28.8 Å². The van der Waals surface area contributed by atoms with Gasteiger partial charge in [0, 0.05) is 36.3 Å². The van der Waals surface area contributed by atoms with Gasteiger partial charge in [-0.15, -0.1) is 0 Å². The van der Waals surface area contributed by atoms with Crippen molar-refractivity contribution in [2.75, 3.05) is 48.5 Å². The van der Waals surface area contributed by atoms with Crippen LogP contribution in [0.5, 0.6) is 40.2 Å². The Morgan fingerprint density at radius 2 is 1.39 bits per heavy atom. The average molecular weight is 663 g/mol. The molecule has 1 N–H and O–H groups in total. The van der Waals surface area contributed by atoms with E-state index in [1.165, 1.54) is 22.3 Å². The molecule has 0 radical (unpaired) electrons. The van der Waals surface area contributed by atoms with Crippen molar-refractivity contribution in [3.8, 4) is 40.2 Å². The van der Waals surface area contributed by atoms with Crippen LogP contribution in [-0.4, -0.2) is 63.4 Å². The van der Waals surface area contributed by atoms with Gasteiger partial charge >= 0.3 is 0 Å². The molecule has 9 rings (SSSR count). The van der Waals surface area contributed by atoms with Gasteiger partial charge in [0.15, 0.2) is 23.0 Å². The van der Waals surface area contributed by atoms with Gasteiger partial charge in [-0.05, 0) is 123 Å². The van der Waals surface area contributed by atoms with Gasteiger partial charge in [0.1, 0.15) is 11.5 Å². The van der Waals surface area contributed by atoms with Crippen LogP contribution in [0.2, 0.25) is 0 Å². The lowest BCUT2D eigenvalue weighted by Crippen LogP contribution is -2.34. The van der Waals surface area contributed by atoms with Crippen LogP contribution in [0.25, 0.3) is 0 Å². The van der Waals surface area contributed by atoms with E-state index in [1.807, 2.05) is 0 Å². The topological polar surface area (TPSA) is 72.9 Å². The second-order valence-electron chi connectivity index (χ2n) is 14.1. The van der Waals surface area contributed by atoms with Crippen LogP contribution in [0, 0.1) is 5.92 Å². The molecule has 49 heavy (non-hydrogen) atoms. The van der Waals surface area contributed by atoms with Gasteiger partial charge in [-0.25, -0.2) is 0 Å². The highest BCUT2D eigenvalue weighted by molar-refractivity contribution is 5.63. The molecule has 1 fully saturated rings. The summed E-state index contributed by atoms with van der Waals surface area (Å²) in [5.74, 6) is 4.99. The summed E-state index contributed by atoms with van der Waals surface area (Å²) >= 11 is 0. The lowest BCUT2D eigenvalue weighted by atomic mass is 9.87. The van der Waals surface area contributed by atoms with E-state index in [1.54, 1.807) is 21.3 Å². The molecule has 1 unspecified atom stereocenters. The number of fused-ring (bicyclic) bond motifs is 2. The fourth-order valence-corrected chi connectivity index (χ4v) is 8.05. The Morgan fingerprint density at radius 1 is 0.714 bits per heavy atom. The first-order valence-corrected chi connectivity index (χ1v) is 17.5. The van der Waals surface area contributed by atoms with E-state index in [-0.39, 0.29) is 18.0 Å². The highest BCUT2D eigenvalue weighted by atomic mass is 16.5. The van der Waals surface area contributed by atoms with Gasteiger partial charge in [0.25, 0.3) is 0 Å². The smallest absolute Gasteiger partial charge is 0.204 e. The van der Waals surface area contributed by atoms with Crippen molar-refractivity contribution in [3.05, 3.63) is 99.6 Å². The number of aliphatic hydroxyl groups is 1. The van der Waals surface area contributed by atoms with Gasteiger partial charge in [0.2, 0.25) is 5.75 Å². The third-order valence-electron chi connectivity index (χ3n) is 11.1. The van der Waals surface area contributed by atoms with Crippen molar-refractivity contribution >= 4 is 0 Å². The maximum Gasteiger partial charge on any atom is 0.204 e. The number of hydrogen-bond acceptors (Lipinski definition) is 8. The van der Waals surface area contributed by atoms with E-state index < -0.39 is 6.10 Å². The number of nitrogens with zero attached hydrogens (tertiary/aromatic N) is 2. The first-order valence-electron chi connectivity index (χ1n) is 17.5. The van der Waals surface area contributed by atoms with E-state index in [4.69, 9.17) is 23.7 Å². The molecule has 8 nitrogen and oxygen atoms in total. The number of methoxy groups -OCH3 is 3. The third kappa shape index (κ3) is 5.90. The normalized spacial score (nSPS) is 21.0.